The van der Waals surface area contributed by atoms with E-state index in [1.54, 1.807) is 0 Å². The predicted octanol–water partition coefficient (Wildman–Crippen LogP) is 3.22. The molecule has 1 heterocycles. The lowest BCUT2D eigenvalue weighted by Crippen LogP contribution is -2.17. The van der Waals surface area contributed by atoms with E-state index >= 15 is 0 Å². The first-order valence-electron chi connectivity index (χ1n) is 6.81. The Morgan fingerprint density at radius 1 is 1.22 bits per heavy atom. The fourth-order valence-electron chi connectivity index (χ4n) is 1.49. The Bertz CT molecular complexity index is 279. The molecule has 2 rings (SSSR count). The van der Waals surface area contributed by atoms with Crippen molar-refractivity contribution in [2.75, 3.05) is 13.2 Å². The molecule has 1 aliphatic carbocycles. The van der Waals surface area contributed by atoms with E-state index in [4.69, 9.17) is 14.6 Å². The van der Waals surface area contributed by atoms with Gasteiger partial charge in [-0.1, -0.05) is 58.1 Å². The van der Waals surface area contributed by atoms with Crippen molar-refractivity contribution in [3.8, 4) is 0 Å². The van der Waals surface area contributed by atoms with Gasteiger partial charge in [0.1, 0.15) is 6.10 Å². The minimum absolute atomic E-state index is 0.0196. The van der Waals surface area contributed by atoms with Crippen LogP contribution < -0.4 is 0 Å². The maximum atomic E-state index is 8.88. The first-order chi connectivity index (χ1) is 8.90. The summed E-state index contributed by atoms with van der Waals surface area (Å²) in [6.07, 6.45) is 10.5. The van der Waals surface area contributed by atoms with E-state index in [0.29, 0.717) is 6.61 Å². The average molecular weight is 254 g/mol. The Morgan fingerprint density at radius 3 is 2.56 bits per heavy atom. The highest BCUT2D eigenvalue weighted by molar-refractivity contribution is 5.28. The Morgan fingerprint density at radius 2 is 1.94 bits per heavy atom. The Labute approximate surface area is 111 Å². The van der Waals surface area contributed by atoms with Crippen LogP contribution in [0.1, 0.15) is 34.1 Å². The van der Waals surface area contributed by atoms with Crippen molar-refractivity contribution >= 4 is 0 Å². The van der Waals surface area contributed by atoms with Crippen molar-refractivity contribution in [2.45, 2.75) is 46.5 Å². The molecule has 1 fully saturated rings. The number of hydrogen-bond donors (Lipinski definition) is 1. The molecule has 2 atom stereocenters. The van der Waals surface area contributed by atoms with Crippen molar-refractivity contribution < 1.29 is 14.6 Å². The first-order valence-corrected chi connectivity index (χ1v) is 6.81. The second-order valence-electron chi connectivity index (χ2n) is 3.33. The van der Waals surface area contributed by atoms with Gasteiger partial charge in [-0.25, -0.2) is 0 Å². The van der Waals surface area contributed by atoms with E-state index in [9.17, 15) is 0 Å². The zero-order valence-corrected chi connectivity index (χ0v) is 11.9. The Hall–Kier alpha value is -0.900. The van der Waals surface area contributed by atoms with Gasteiger partial charge in [0, 0.05) is 5.57 Å². The van der Waals surface area contributed by atoms with Crippen molar-refractivity contribution in [2.24, 2.45) is 0 Å². The maximum absolute atomic E-state index is 8.88. The van der Waals surface area contributed by atoms with Crippen LogP contribution in [0.3, 0.4) is 0 Å². The molecular weight excluding hydrogens is 228 g/mol. The number of hydrogen-bond acceptors (Lipinski definition) is 3. The van der Waals surface area contributed by atoms with Crippen molar-refractivity contribution in [3.63, 3.8) is 0 Å². The number of rotatable bonds is 2. The molecule has 18 heavy (non-hydrogen) atoms. The lowest BCUT2D eigenvalue weighted by Gasteiger charge is -2.10. The average Bonchev–Trinajstić information content (AvgIpc) is 2.78. The molecule has 0 amide bonds. The third-order valence-electron chi connectivity index (χ3n) is 2.25. The molecular formula is C15H26O3. The van der Waals surface area contributed by atoms with Crippen LogP contribution in [0.15, 0.2) is 36.0 Å². The highest BCUT2D eigenvalue weighted by Crippen LogP contribution is 2.21. The van der Waals surface area contributed by atoms with Gasteiger partial charge in [0.25, 0.3) is 0 Å². The fraction of sp³-hybridized carbons (Fsp3) is 0.600. The second kappa shape index (κ2) is 11.2. The molecule has 0 spiro atoms. The van der Waals surface area contributed by atoms with Gasteiger partial charge in [0.15, 0.2) is 6.29 Å². The maximum Gasteiger partial charge on any atom is 0.184 e. The highest BCUT2D eigenvalue weighted by atomic mass is 16.7. The number of aliphatic hydroxyl groups excluding tert-OH is 1. The Kier molecular flexibility index (Phi) is 10.6. The van der Waals surface area contributed by atoms with Gasteiger partial charge in [-0.15, -0.1) is 0 Å². The van der Waals surface area contributed by atoms with E-state index in [-0.39, 0.29) is 19.0 Å². The van der Waals surface area contributed by atoms with Gasteiger partial charge in [-0.05, 0) is 6.42 Å². The largest absolute Gasteiger partial charge is 0.394 e. The third kappa shape index (κ3) is 5.63. The molecule has 2 aliphatic rings. The summed E-state index contributed by atoms with van der Waals surface area (Å²) in [6, 6.07) is 0. The summed E-state index contributed by atoms with van der Waals surface area (Å²) in [4.78, 5) is 0. The minimum Gasteiger partial charge on any atom is -0.394 e. The van der Waals surface area contributed by atoms with E-state index < -0.39 is 0 Å². The summed E-state index contributed by atoms with van der Waals surface area (Å²) in [7, 11) is 0. The zero-order chi connectivity index (χ0) is 13.8. The first kappa shape index (κ1) is 17.1. The number of aliphatic hydroxyl groups is 1. The van der Waals surface area contributed by atoms with Crippen LogP contribution in [-0.2, 0) is 9.47 Å². The highest BCUT2D eigenvalue weighted by Gasteiger charge is 2.27. The summed E-state index contributed by atoms with van der Waals surface area (Å²) in [5.74, 6) is 0. The summed E-state index contributed by atoms with van der Waals surface area (Å²) in [5, 5.41) is 8.88. The normalized spacial score (nSPS) is 25.3. The van der Waals surface area contributed by atoms with E-state index in [1.165, 1.54) is 0 Å². The molecule has 1 aliphatic heterocycles. The van der Waals surface area contributed by atoms with Gasteiger partial charge in [0.05, 0.1) is 13.2 Å². The molecule has 2 unspecified atom stereocenters. The molecule has 104 valence electrons. The lowest BCUT2D eigenvalue weighted by molar-refractivity contribution is -0.0357. The van der Waals surface area contributed by atoms with Crippen LogP contribution in [0.25, 0.3) is 0 Å². The fourth-order valence-corrected chi connectivity index (χ4v) is 1.49. The summed E-state index contributed by atoms with van der Waals surface area (Å²) in [5.41, 5.74) is 1.03. The molecule has 0 aromatic heterocycles. The molecule has 0 aromatic rings. The summed E-state index contributed by atoms with van der Waals surface area (Å²) >= 11 is 0. The van der Waals surface area contributed by atoms with Crippen LogP contribution in [0, 0.1) is 0 Å². The van der Waals surface area contributed by atoms with E-state index in [0.717, 1.165) is 12.0 Å². The molecule has 1 saturated heterocycles. The van der Waals surface area contributed by atoms with Gasteiger partial charge in [0.2, 0.25) is 0 Å². The molecule has 0 aromatic carbocycles. The van der Waals surface area contributed by atoms with E-state index in [2.05, 4.69) is 12.2 Å². The van der Waals surface area contributed by atoms with Gasteiger partial charge >= 0.3 is 0 Å². The number of allylic oxidation sites excluding steroid dienone is 4. The second-order valence-corrected chi connectivity index (χ2v) is 3.33. The van der Waals surface area contributed by atoms with Crippen molar-refractivity contribution in [1.82, 2.24) is 0 Å². The third-order valence-corrected chi connectivity index (χ3v) is 2.25. The van der Waals surface area contributed by atoms with Crippen molar-refractivity contribution in [3.05, 3.63) is 36.0 Å². The van der Waals surface area contributed by atoms with Crippen LogP contribution in [-0.4, -0.2) is 30.7 Å². The molecule has 0 saturated carbocycles. The molecule has 3 heteroatoms. The lowest BCUT2D eigenvalue weighted by atomic mass is 10.2. The number of ether oxygens (including phenoxy) is 2. The van der Waals surface area contributed by atoms with Crippen LogP contribution in [0.2, 0.25) is 0 Å². The molecule has 0 radical (unpaired) electrons. The standard InChI is InChI=1S/C11H14O3.2C2H6/c12-7-10-8-13-11(14-10)9-5-3-1-2-4-6-9;2*1-2/h1-3,5-6,10-12H,4,7-8H2;2*1-2H3. The predicted molar refractivity (Wildman–Crippen MR) is 75.4 cm³/mol. The van der Waals surface area contributed by atoms with Crippen LogP contribution >= 0.6 is 0 Å². The SMILES string of the molecule is CC.CC.OCC1COC(C2=CCC=CC=C2)O1. The summed E-state index contributed by atoms with van der Waals surface area (Å²) < 4.78 is 10.9. The molecule has 3 nitrogen and oxygen atoms in total. The minimum atomic E-state index is -0.303. The molecule has 1 N–H and O–H groups in total. The van der Waals surface area contributed by atoms with E-state index in [1.807, 2.05) is 45.9 Å². The quantitative estimate of drug-likeness (QED) is 0.822. The zero-order valence-electron chi connectivity index (χ0n) is 11.9. The monoisotopic (exact) mass is 254 g/mol. The van der Waals surface area contributed by atoms with Gasteiger partial charge in [-0.3, -0.25) is 0 Å². The van der Waals surface area contributed by atoms with Crippen LogP contribution in [0.4, 0.5) is 0 Å². The van der Waals surface area contributed by atoms with Crippen LogP contribution in [0.5, 0.6) is 0 Å². The molecule has 0 bridgehead atoms. The van der Waals surface area contributed by atoms with Crippen molar-refractivity contribution in [1.29, 1.82) is 0 Å². The van der Waals surface area contributed by atoms with Gasteiger partial charge < -0.3 is 14.6 Å². The smallest absolute Gasteiger partial charge is 0.184 e. The summed E-state index contributed by atoms with van der Waals surface area (Å²) in [6.45, 7) is 8.49. The topological polar surface area (TPSA) is 38.7 Å². The van der Waals surface area contributed by atoms with Gasteiger partial charge in [-0.2, -0.15) is 0 Å². The Balaban J connectivity index is 0.000000659.